The number of benzene rings is 1. The molecule has 0 unspecified atom stereocenters. The lowest BCUT2D eigenvalue weighted by Crippen LogP contribution is -2.51. The number of methoxy groups -OCH3 is 1. The van der Waals surface area contributed by atoms with E-state index in [9.17, 15) is 4.39 Å². The maximum absolute atomic E-state index is 13.9. The highest BCUT2D eigenvalue weighted by Crippen LogP contribution is 2.34. The van der Waals surface area contributed by atoms with Gasteiger partial charge in [0.2, 0.25) is 0 Å². The van der Waals surface area contributed by atoms with Crippen LogP contribution in [0.2, 0.25) is 0 Å². The van der Waals surface area contributed by atoms with E-state index >= 15 is 0 Å². The second kappa shape index (κ2) is 13.5. The summed E-state index contributed by atoms with van der Waals surface area (Å²) in [5.41, 5.74) is 0.899. The van der Waals surface area contributed by atoms with Gasteiger partial charge in [0.15, 0.2) is 5.96 Å². The quantitative estimate of drug-likeness (QED) is 0.233. The maximum Gasteiger partial charge on any atom is 0.193 e. The van der Waals surface area contributed by atoms with Crippen LogP contribution in [0, 0.1) is 5.82 Å². The SMILES string of the molecule is CN=C(NCC1(c2cccc(F)c2)CCOCC1)N1CCC(OCCCOC)CC1.I. The van der Waals surface area contributed by atoms with Crippen LogP contribution in [0.5, 0.6) is 0 Å². The predicted octanol–water partition coefficient (Wildman–Crippen LogP) is 3.58. The molecule has 2 heterocycles. The Balaban J connectivity index is 0.00000341. The van der Waals surface area contributed by atoms with Gasteiger partial charge >= 0.3 is 0 Å². The number of hydrogen-bond donors (Lipinski definition) is 1. The summed E-state index contributed by atoms with van der Waals surface area (Å²) in [5.74, 6) is 0.727. The van der Waals surface area contributed by atoms with E-state index in [0.717, 1.165) is 76.5 Å². The number of aliphatic imine (C=N–C) groups is 1. The fourth-order valence-corrected chi connectivity index (χ4v) is 4.42. The van der Waals surface area contributed by atoms with Gasteiger partial charge in [-0.3, -0.25) is 4.99 Å². The number of piperidine rings is 1. The first kappa shape index (κ1) is 26.3. The summed E-state index contributed by atoms with van der Waals surface area (Å²) >= 11 is 0. The van der Waals surface area contributed by atoms with E-state index in [-0.39, 0.29) is 35.2 Å². The molecule has 3 rings (SSSR count). The Kier molecular flexibility index (Phi) is 11.5. The smallest absolute Gasteiger partial charge is 0.193 e. The van der Waals surface area contributed by atoms with Gasteiger partial charge in [0, 0.05) is 65.6 Å². The molecule has 1 aromatic carbocycles. The summed E-state index contributed by atoms with van der Waals surface area (Å²) in [7, 11) is 3.55. The molecular weight excluding hydrogens is 512 g/mol. The van der Waals surface area contributed by atoms with Crippen molar-refractivity contribution in [2.45, 2.75) is 43.6 Å². The summed E-state index contributed by atoms with van der Waals surface area (Å²) < 4.78 is 30.6. The first-order valence-corrected chi connectivity index (χ1v) is 11.1. The van der Waals surface area contributed by atoms with Crippen LogP contribution in [-0.2, 0) is 19.6 Å². The van der Waals surface area contributed by atoms with Crippen LogP contribution in [0.1, 0.15) is 37.7 Å². The summed E-state index contributed by atoms with van der Waals surface area (Å²) in [6.07, 6.45) is 4.99. The molecule has 0 amide bonds. The van der Waals surface area contributed by atoms with Crippen LogP contribution in [0.25, 0.3) is 0 Å². The van der Waals surface area contributed by atoms with Crippen molar-refractivity contribution in [2.24, 2.45) is 4.99 Å². The predicted molar refractivity (Wildman–Crippen MR) is 132 cm³/mol. The zero-order valence-corrected chi connectivity index (χ0v) is 21.1. The van der Waals surface area contributed by atoms with Gasteiger partial charge < -0.3 is 24.4 Å². The first-order chi connectivity index (χ1) is 14.7. The molecule has 0 saturated carbocycles. The molecule has 6 nitrogen and oxygen atoms in total. The van der Waals surface area contributed by atoms with Gasteiger partial charge in [0.1, 0.15) is 5.82 Å². The molecule has 2 aliphatic heterocycles. The molecule has 0 aliphatic carbocycles. The average molecular weight is 549 g/mol. The van der Waals surface area contributed by atoms with E-state index in [1.807, 2.05) is 13.1 Å². The number of nitrogens with one attached hydrogen (secondary N) is 1. The minimum Gasteiger partial charge on any atom is -0.385 e. The Morgan fingerprint density at radius 2 is 2.00 bits per heavy atom. The van der Waals surface area contributed by atoms with Crippen molar-refractivity contribution in [3.63, 3.8) is 0 Å². The lowest BCUT2D eigenvalue weighted by atomic mass is 9.74. The molecule has 0 bridgehead atoms. The molecule has 2 fully saturated rings. The monoisotopic (exact) mass is 549 g/mol. The van der Waals surface area contributed by atoms with Crippen LogP contribution in [-0.4, -0.2) is 77.2 Å². The number of nitrogens with zero attached hydrogens (tertiary/aromatic N) is 2. The number of halogens is 2. The van der Waals surface area contributed by atoms with E-state index in [4.69, 9.17) is 14.2 Å². The summed E-state index contributed by atoms with van der Waals surface area (Å²) in [4.78, 5) is 6.82. The Morgan fingerprint density at radius 3 is 2.65 bits per heavy atom. The molecule has 0 spiro atoms. The third-order valence-corrected chi connectivity index (χ3v) is 6.27. The van der Waals surface area contributed by atoms with Gasteiger partial charge in [-0.1, -0.05) is 12.1 Å². The molecular formula is C23H37FIN3O3. The van der Waals surface area contributed by atoms with E-state index in [0.29, 0.717) is 19.3 Å². The van der Waals surface area contributed by atoms with Crippen molar-refractivity contribution in [3.05, 3.63) is 35.6 Å². The van der Waals surface area contributed by atoms with Gasteiger partial charge in [-0.2, -0.15) is 0 Å². The van der Waals surface area contributed by atoms with Gasteiger partial charge in [-0.05, 0) is 49.8 Å². The normalized spacial score (nSPS) is 19.7. The second-order valence-electron chi connectivity index (χ2n) is 8.21. The molecule has 0 radical (unpaired) electrons. The minimum absolute atomic E-state index is 0. The highest BCUT2D eigenvalue weighted by Gasteiger charge is 2.35. The standard InChI is InChI=1S/C23H36FN3O3.HI/c1-25-22(27-11-7-21(8-12-27)30-14-4-13-28-2)26-18-23(9-15-29-16-10-23)19-5-3-6-20(24)17-19;/h3,5-6,17,21H,4,7-16,18H2,1-2H3,(H,25,26);1H. The van der Waals surface area contributed by atoms with Crippen LogP contribution < -0.4 is 5.32 Å². The van der Waals surface area contributed by atoms with Gasteiger partial charge in [0.25, 0.3) is 0 Å². The maximum atomic E-state index is 13.9. The van der Waals surface area contributed by atoms with Gasteiger partial charge in [-0.15, -0.1) is 24.0 Å². The van der Waals surface area contributed by atoms with Crippen LogP contribution in [0.4, 0.5) is 4.39 Å². The Hall–Kier alpha value is -0.970. The molecule has 2 saturated heterocycles. The lowest BCUT2D eigenvalue weighted by Gasteiger charge is -2.40. The minimum atomic E-state index is -0.185. The highest BCUT2D eigenvalue weighted by atomic mass is 127. The van der Waals surface area contributed by atoms with E-state index < -0.39 is 0 Å². The molecule has 31 heavy (non-hydrogen) atoms. The third-order valence-electron chi connectivity index (χ3n) is 6.27. The average Bonchev–Trinajstić information content (AvgIpc) is 2.79. The zero-order chi connectivity index (χ0) is 21.2. The number of ether oxygens (including phenoxy) is 3. The number of guanidine groups is 1. The molecule has 176 valence electrons. The first-order valence-electron chi connectivity index (χ1n) is 11.1. The Morgan fingerprint density at radius 1 is 1.26 bits per heavy atom. The van der Waals surface area contributed by atoms with Crippen LogP contribution in [0.15, 0.2) is 29.3 Å². The zero-order valence-electron chi connectivity index (χ0n) is 18.8. The molecule has 0 aromatic heterocycles. The molecule has 0 atom stereocenters. The van der Waals surface area contributed by atoms with Crippen molar-refractivity contribution in [2.75, 3.05) is 60.2 Å². The van der Waals surface area contributed by atoms with Gasteiger partial charge in [-0.25, -0.2) is 4.39 Å². The largest absolute Gasteiger partial charge is 0.385 e. The number of rotatable bonds is 8. The van der Waals surface area contributed by atoms with Crippen molar-refractivity contribution >= 4 is 29.9 Å². The molecule has 1 aromatic rings. The fourth-order valence-electron chi connectivity index (χ4n) is 4.42. The summed E-state index contributed by atoms with van der Waals surface area (Å²) in [5, 5.41) is 3.58. The molecule has 1 N–H and O–H groups in total. The number of likely N-dealkylation sites (tertiary alicyclic amines) is 1. The van der Waals surface area contributed by atoms with E-state index in [2.05, 4.69) is 15.2 Å². The highest BCUT2D eigenvalue weighted by molar-refractivity contribution is 14.0. The van der Waals surface area contributed by atoms with Crippen molar-refractivity contribution in [1.29, 1.82) is 0 Å². The third kappa shape index (κ3) is 7.54. The molecule has 8 heteroatoms. The van der Waals surface area contributed by atoms with Gasteiger partial charge in [0.05, 0.1) is 6.10 Å². The Labute approximate surface area is 202 Å². The topological polar surface area (TPSA) is 55.3 Å². The number of hydrogen-bond acceptors (Lipinski definition) is 4. The summed E-state index contributed by atoms with van der Waals surface area (Å²) in [6, 6.07) is 7.01. The van der Waals surface area contributed by atoms with E-state index in [1.54, 1.807) is 19.2 Å². The van der Waals surface area contributed by atoms with Crippen molar-refractivity contribution in [1.82, 2.24) is 10.2 Å². The van der Waals surface area contributed by atoms with Crippen molar-refractivity contribution in [3.8, 4) is 0 Å². The second-order valence-corrected chi connectivity index (χ2v) is 8.21. The lowest BCUT2D eigenvalue weighted by molar-refractivity contribution is 0.00968. The van der Waals surface area contributed by atoms with Crippen LogP contribution >= 0.6 is 24.0 Å². The fraction of sp³-hybridized carbons (Fsp3) is 0.696. The van der Waals surface area contributed by atoms with Crippen molar-refractivity contribution < 1.29 is 18.6 Å². The van der Waals surface area contributed by atoms with E-state index in [1.165, 1.54) is 6.07 Å². The Bertz CT molecular complexity index is 678. The molecule has 2 aliphatic rings. The van der Waals surface area contributed by atoms with Crippen LogP contribution in [0.3, 0.4) is 0 Å². The summed E-state index contributed by atoms with van der Waals surface area (Å²) in [6.45, 7) is 5.46.